The van der Waals surface area contributed by atoms with E-state index in [2.05, 4.69) is 37.7 Å². The third-order valence-corrected chi connectivity index (χ3v) is 5.20. The number of tetrazole rings is 1. The molecule has 2 aromatic heterocycles. The van der Waals surface area contributed by atoms with Crippen LogP contribution in [0, 0.1) is 6.92 Å². The van der Waals surface area contributed by atoms with Gasteiger partial charge >= 0.3 is 6.03 Å². The van der Waals surface area contributed by atoms with Crippen molar-refractivity contribution in [2.24, 2.45) is 0 Å². The fourth-order valence-corrected chi connectivity index (χ4v) is 3.93. The summed E-state index contributed by atoms with van der Waals surface area (Å²) >= 11 is 1.67. The summed E-state index contributed by atoms with van der Waals surface area (Å²) in [5.74, 6) is 0. The molecule has 1 fully saturated rings. The predicted molar refractivity (Wildman–Crippen MR) is 95.9 cm³/mol. The lowest BCUT2D eigenvalue weighted by Crippen LogP contribution is -2.34. The average molecular weight is 354 g/mol. The van der Waals surface area contributed by atoms with Crippen LogP contribution in [-0.4, -0.2) is 37.7 Å². The van der Waals surface area contributed by atoms with Crippen LogP contribution in [0.2, 0.25) is 0 Å². The SMILES string of the molecule is Cc1ccc(NC(=O)N2CCCC2c2ccsc2)cc1-n1cnnn1. The number of likely N-dealkylation sites (tertiary alicyclic amines) is 1. The maximum atomic E-state index is 12.8. The highest BCUT2D eigenvalue weighted by Crippen LogP contribution is 2.33. The Balaban J connectivity index is 1.54. The van der Waals surface area contributed by atoms with Crippen LogP contribution < -0.4 is 5.32 Å². The van der Waals surface area contributed by atoms with Gasteiger partial charge in [-0.15, -0.1) is 5.10 Å². The lowest BCUT2D eigenvalue weighted by Gasteiger charge is -2.24. The number of benzene rings is 1. The van der Waals surface area contributed by atoms with Gasteiger partial charge in [0.15, 0.2) is 0 Å². The Hall–Kier alpha value is -2.74. The van der Waals surface area contributed by atoms with Crippen molar-refractivity contribution in [3.05, 3.63) is 52.5 Å². The van der Waals surface area contributed by atoms with Crippen LogP contribution in [0.15, 0.2) is 41.4 Å². The number of hydrogen-bond donors (Lipinski definition) is 1. The lowest BCUT2D eigenvalue weighted by molar-refractivity contribution is 0.207. The van der Waals surface area contributed by atoms with E-state index in [4.69, 9.17) is 0 Å². The zero-order chi connectivity index (χ0) is 17.2. The van der Waals surface area contributed by atoms with E-state index in [1.54, 1.807) is 22.3 Å². The molecule has 1 aliphatic rings. The van der Waals surface area contributed by atoms with E-state index in [1.165, 1.54) is 5.56 Å². The number of aryl methyl sites for hydroxylation is 1. The van der Waals surface area contributed by atoms with Gasteiger partial charge in [-0.2, -0.15) is 11.3 Å². The molecule has 0 aliphatic carbocycles. The minimum absolute atomic E-state index is 0.0692. The molecule has 1 atom stereocenters. The molecule has 1 unspecified atom stereocenters. The number of carbonyl (C=O) groups excluding carboxylic acids is 1. The van der Waals surface area contributed by atoms with Gasteiger partial charge in [0.1, 0.15) is 6.33 Å². The molecule has 1 aliphatic heterocycles. The molecule has 25 heavy (non-hydrogen) atoms. The minimum atomic E-state index is -0.0692. The topological polar surface area (TPSA) is 75.9 Å². The Kier molecular flexibility index (Phi) is 4.19. The van der Waals surface area contributed by atoms with Gasteiger partial charge in [0.25, 0.3) is 0 Å². The molecular formula is C17H18N6OS. The Morgan fingerprint density at radius 1 is 1.36 bits per heavy atom. The van der Waals surface area contributed by atoms with Crippen molar-refractivity contribution in [2.45, 2.75) is 25.8 Å². The van der Waals surface area contributed by atoms with Crippen molar-refractivity contribution in [3.63, 3.8) is 0 Å². The first-order valence-corrected chi connectivity index (χ1v) is 9.10. The summed E-state index contributed by atoms with van der Waals surface area (Å²) in [5, 5.41) is 18.5. The number of anilines is 1. The van der Waals surface area contributed by atoms with Crippen LogP contribution in [0.25, 0.3) is 5.69 Å². The van der Waals surface area contributed by atoms with Crippen LogP contribution >= 0.6 is 11.3 Å². The van der Waals surface area contributed by atoms with Crippen molar-refractivity contribution in [1.82, 2.24) is 25.1 Å². The standard InChI is InChI=1S/C17H18N6OS/c1-12-4-5-14(9-16(12)23-11-18-20-21-23)19-17(24)22-7-2-3-15(22)13-6-8-25-10-13/h4-6,8-11,15H,2-3,7H2,1H3,(H,19,24). The van der Waals surface area contributed by atoms with Gasteiger partial charge in [0.05, 0.1) is 11.7 Å². The second kappa shape index (κ2) is 6.64. The Labute approximate surface area is 149 Å². The van der Waals surface area contributed by atoms with Crippen molar-refractivity contribution in [2.75, 3.05) is 11.9 Å². The lowest BCUT2D eigenvalue weighted by atomic mass is 10.1. The summed E-state index contributed by atoms with van der Waals surface area (Å²) in [4.78, 5) is 14.7. The smallest absolute Gasteiger partial charge is 0.317 e. The minimum Gasteiger partial charge on any atom is -0.317 e. The van der Waals surface area contributed by atoms with Crippen molar-refractivity contribution in [1.29, 1.82) is 0 Å². The van der Waals surface area contributed by atoms with E-state index in [0.29, 0.717) is 0 Å². The zero-order valence-corrected chi connectivity index (χ0v) is 14.6. The molecule has 0 saturated carbocycles. The third-order valence-electron chi connectivity index (χ3n) is 4.50. The maximum absolute atomic E-state index is 12.8. The molecule has 7 nitrogen and oxygen atoms in total. The Morgan fingerprint density at radius 3 is 3.04 bits per heavy atom. The van der Waals surface area contributed by atoms with Crippen molar-refractivity contribution >= 4 is 23.1 Å². The quantitative estimate of drug-likeness (QED) is 0.782. The normalized spacial score (nSPS) is 17.0. The van der Waals surface area contributed by atoms with Gasteiger partial charge in [-0.05, 0) is 70.3 Å². The predicted octanol–water partition coefficient (Wildman–Crippen LogP) is 3.40. The molecule has 0 bridgehead atoms. The Morgan fingerprint density at radius 2 is 2.28 bits per heavy atom. The molecule has 3 heterocycles. The summed E-state index contributed by atoms with van der Waals surface area (Å²) in [6.07, 6.45) is 3.58. The largest absolute Gasteiger partial charge is 0.322 e. The fourth-order valence-electron chi connectivity index (χ4n) is 3.22. The molecule has 1 aromatic carbocycles. The summed E-state index contributed by atoms with van der Waals surface area (Å²) in [6.45, 7) is 2.76. The molecule has 128 valence electrons. The summed E-state index contributed by atoms with van der Waals surface area (Å²) in [5.41, 5.74) is 3.83. The van der Waals surface area contributed by atoms with Crippen LogP contribution in [0.1, 0.15) is 30.0 Å². The van der Waals surface area contributed by atoms with Crippen molar-refractivity contribution < 1.29 is 4.79 Å². The molecule has 3 aromatic rings. The molecule has 0 radical (unpaired) electrons. The second-order valence-corrected chi connectivity index (χ2v) is 6.87. The number of rotatable bonds is 3. The molecule has 2 amide bonds. The van der Waals surface area contributed by atoms with Gasteiger partial charge in [-0.25, -0.2) is 9.48 Å². The van der Waals surface area contributed by atoms with Gasteiger partial charge in [0.2, 0.25) is 0 Å². The van der Waals surface area contributed by atoms with Gasteiger partial charge < -0.3 is 10.2 Å². The molecule has 1 N–H and O–H groups in total. The first-order chi connectivity index (χ1) is 12.2. The van der Waals surface area contributed by atoms with Crippen LogP contribution in [0.5, 0.6) is 0 Å². The first-order valence-electron chi connectivity index (χ1n) is 8.16. The Bertz CT molecular complexity index is 861. The third kappa shape index (κ3) is 3.12. The molecular weight excluding hydrogens is 336 g/mol. The average Bonchev–Trinajstić information content (AvgIpc) is 3.37. The summed E-state index contributed by atoms with van der Waals surface area (Å²) < 4.78 is 1.59. The number of aromatic nitrogens is 4. The van der Waals surface area contributed by atoms with E-state index >= 15 is 0 Å². The summed E-state index contributed by atoms with van der Waals surface area (Å²) in [6, 6.07) is 7.93. The van der Waals surface area contributed by atoms with E-state index in [9.17, 15) is 4.79 Å². The van der Waals surface area contributed by atoms with Crippen LogP contribution in [0.3, 0.4) is 0 Å². The maximum Gasteiger partial charge on any atom is 0.322 e. The van der Waals surface area contributed by atoms with Gasteiger partial charge in [-0.3, -0.25) is 0 Å². The van der Waals surface area contributed by atoms with E-state index in [-0.39, 0.29) is 12.1 Å². The molecule has 0 spiro atoms. The second-order valence-electron chi connectivity index (χ2n) is 6.09. The number of thiophene rings is 1. The monoisotopic (exact) mass is 354 g/mol. The fraction of sp³-hybridized carbons (Fsp3) is 0.294. The highest BCUT2D eigenvalue weighted by atomic mass is 32.1. The number of hydrogen-bond acceptors (Lipinski definition) is 5. The number of nitrogens with one attached hydrogen (secondary N) is 1. The summed E-state index contributed by atoms with van der Waals surface area (Å²) in [7, 11) is 0. The van der Waals surface area contributed by atoms with Gasteiger partial charge in [0, 0.05) is 12.2 Å². The number of urea groups is 1. The van der Waals surface area contributed by atoms with Crippen LogP contribution in [0.4, 0.5) is 10.5 Å². The van der Waals surface area contributed by atoms with Crippen molar-refractivity contribution in [3.8, 4) is 5.69 Å². The molecule has 4 rings (SSSR count). The highest BCUT2D eigenvalue weighted by molar-refractivity contribution is 7.08. The van der Waals surface area contributed by atoms with E-state index < -0.39 is 0 Å². The first kappa shape index (κ1) is 15.8. The highest BCUT2D eigenvalue weighted by Gasteiger charge is 2.30. The molecule has 8 heteroatoms. The number of amides is 2. The number of carbonyl (C=O) groups is 1. The van der Waals surface area contributed by atoms with Crippen LogP contribution in [-0.2, 0) is 0 Å². The van der Waals surface area contributed by atoms with E-state index in [0.717, 1.165) is 36.3 Å². The van der Waals surface area contributed by atoms with E-state index in [1.807, 2.05) is 30.0 Å². The van der Waals surface area contributed by atoms with Gasteiger partial charge in [-0.1, -0.05) is 6.07 Å². The zero-order valence-electron chi connectivity index (χ0n) is 13.8. The molecule has 1 saturated heterocycles. The number of nitrogens with zero attached hydrogens (tertiary/aromatic N) is 5.